The van der Waals surface area contributed by atoms with Gasteiger partial charge in [0.15, 0.2) is 6.19 Å². The quantitative estimate of drug-likeness (QED) is 0.331. The van der Waals surface area contributed by atoms with Crippen molar-refractivity contribution in [3.8, 4) is 6.19 Å². The smallest absolute Gasteiger partial charge is 0.182 e. The second-order valence-corrected chi connectivity index (χ2v) is 0.762. The summed E-state index contributed by atoms with van der Waals surface area (Å²) in [5.41, 5.74) is 4.87. The van der Waals surface area contributed by atoms with Gasteiger partial charge in [0.25, 0.3) is 0 Å². The summed E-state index contributed by atoms with van der Waals surface area (Å²) in [4.78, 5) is 0. The Bertz CT molecular complexity index is 88.7. The number of rotatable bonds is 1. The van der Waals surface area contributed by atoms with Gasteiger partial charge in [-0.25, -0.2) is 0 Å². The van der Waals surface area contributed by atoms with Crippen molar-refractivity contribution in [1.29, 1.82) is 5.26 Å². The van der Waals surface area contributed by atoms with Crippen molar-refractivity contribution in [3.05, 3.63) is 12.4 Å². The summed E-state index contributed by atoms with van der Waals surface area (Å²) in [5.74, 6) is 0.178. The first kappa shape index (κ1) is 4.83. The lowest BCUT2D eigenvalue weighted by Crippen LogP contribution is -2.11. The zero-order chi connectivity index (χ0) is 4.99. The highest BCUT2D eigenvalue weighted by molar-refractivity contribution is 4.89. The van der Waals surface area contributed by atoms with Crippen LogP contribution in [0.25, 0.3) is 0 Å². The molecule has 0 amide bonds. The topological polar surface area (TPSA) is 61.8 Å². The van der Waals surface area contributed by atoms with Crippen LogP contribution >= 0.6 is 0 Å². The minimum Gasteiger partial charge on any atom is -0.385 e. The molecule has 0 saturated carbocycles. The molecule has 0 unspecified atom stereocenters. The van der Waals surface area contributed by atoms with E-state index in [-0.39, 0.29) is 5.82 Å². The van der Waals surface area contributed by atoms with Crippen LogP contribution in [0.15, 0.2) is 12.4 Å². The van der Waals surface area contributed by atoms with Crippen LogP contribution in [0.4, 0.5) is 0 Å². The Morgan fingerprint density at radius 3 is 2.50 bits per heavy atom. The second kappa shape index (κ2) is 2.09. The van der Waals surface area contributed by atoms with Gasteiger partial charge in [0.1, 0.15) is 5.82 Å². The third-order valence-corrected chi connectivity index (χ3v) is 0.216. The summed E-state index contributed by atoms with van der Waals surface area (Å²) in [6.45, 7) is 3.19. The minimum atomic E-state index is 0.178. The number of nitrogens with two attached hydrogens (primary N) is 1. The largest absolute Gasteiger partial charge is 0.385 e. The molecule has 0 atom stereocenters. The molecule has 0 aliphatic heterocycles. The van der Waals surface area contributed by atoms with Gasteiger partial charge in [-0.3, -0.25) is 5.32 Å². The third-order valence-electron chi connectivity index (χ3n) is 0.216. The molecular formula is C3H5N3. The van der Waals surface area contributed by atoms with E-state index in [4.69, 9.17) is 11.0 Å². The highest BCUT2D eigenvalue weighted by Gasteiger charge is 1.69. The lowest BCUT2D eigenvalue weighted by atomic mass is 10.8. The first-order valence-corrected chi connectivity index (χ1v) is 1.37. The molecule has 0 heterocycles. The molecule has 3 heteroatoms. The van der Waals surface area contributed by atoms with Gasteiger partial charge in [0.05, 0.1) is 0 Å². The average Bonchev–Trinajstić information content (AvgIpc) is 1.35. The van der Waals surface area contributed by atoms with Gasteiger partial charge in [0.2, 0.25) is 0 Å². The summed E-state index contributed by atoms with van der Waals surface area (Å²) in [5, 5.41) is 9.83. The van der Waals surface area contributed by atoms with E-state index in [9.17, 15) is 0 Å². The number of hydrogen-bond acceptors (Lipinski definition) is 3. The highest BCUT2D eigenvalue weighted by atomic mass is 15.0. The standard InChI is InChI=1S/C3H5N3/c1-3(5)6-2-4/h6H,1,5H2. The number of nitrogens with one attached hydrogen (secondary N) is 1. The molecule has 32 valence electrons. The van der Waals surface area contributed by atoms with Crippen molar-refractivity contribution in [2.75, 3.05) is 0 Å². The van der Waals surface area contributed by atoms with Crippen molar-refractivity contribution in [1.82, 2.24) is 5.32 Å². The lowest BCUT2D eigenvalue weighted by Gasteiger charge is -1.84. The average molecular weight is 83.1 g/mol. The fourth-order valence-electron chi connectivity index (χ4n) is 0.0718. The Balaban J connectivity index is 3.13. The molecule has 0 fully saturated rings. The van der Waals surface area contributed by atoms with Gasteiger partial charge in [0, 0.05) is 0 Å². The van der Waals surface area contributed by atoms with Gasteiger partial charge in [-0.1, -0.05) is 6.58 Å². The molecule has 0 aromatic rings. The molecule has 0 radical (unpaired) electrons. The van der Waals surface area contributed by atoms with Crippen LogP contribution in [0, 0.1) is 11.5 Å². The van der Waals surface area contributed by atoms with Crippen molar-refractivity contribution in [3.63, 3.8) is 0 Å². The van der Waals surface area contributed by atoms with Crippen LogP contribution in [-0.4, -0.2) is 0 Å². The van der Waals surface area contributed by atoms with Crippen LogP contribution in [-0.2, 0) is 0 Å². The first-order chi connectivity index (χ1) is 2.77. The third kappa shape index (κ3) is 2.83. The molecule has 0 spiro atoms. The Morgan fingerprint density at radius 2 is 2.50 bits per heavy atom. The van der Waals surface area contributed by atoms with Gasteiger partial charge < -0.3 is 5.73 Å². The molecule has 0 aromatic carbocycles. The monoisotopic (exact) mass is 83.0 g/mol. The van der Waals surface area contributed by atoms with Crippen LogP contribution < -0.4 is 11.1 Å². The Hall–Kier alpha value is -1.17. The Morgan fingerprint density at radius 1 is 2.00 bits per heavy atom. The molecule has 0 aliphatic carbocycles. The fourth-order valence-corrected chi connectivity index (χ4v) is 0.0718. The summed E-state index contributed by atoms with van der Waals surface area (Å²) in [7, 11) is 0. The summed E-state index contributed by atoms with van der Waals surface area (Å²) < 4.78 is 0. The molecule has 3 nitrogen and oxygen atoms in total. The fraction of sp³-hybridized carbons (Fsp3) is 0. The zero-order valence-electron chi connectivity index (χ0n) is 3.23. The van der Waals surface area contributed by atoms with Crippen molar-refractivity contribution in [2.45, 2.75) is 0 Å². The van der Waals surface area contributed by atoms with E-state index in [2.05, 4.69) is 11.9 Å². The van der Waals surface area contributed by atoms with Gasteiger partial charge in [-0.05, 0) is 0 Å². The summed E-state index contributed by atoms with van der Waals surface area (Å²) >= 11 is 0. The SMILES string of the molecule is C=C(N)NC#N. The van der Waals surface area contributed by atoms with Crippen molar-refractivity contribution < 1.29 is 0 Å². The molecule has 6 heavy (non-hydrogen) atoms. The minimum absolute atomic E-state index is 0.178. The van der Waals surface area contributed by atoms with E-state index < -0.39 is 0 Å². The molecule has 3 N–H and O–H groups in total. The van der Waals surface area contributed by atoms with Gasteiger partial charge in [-0.2, -0.15) is 5.26 Å². The van der Waals surface area contributed by atoms with E-state index in [1.807, 2.05) is 0 Å². The Labute approximate surface area is 36.1 Å². The molecule has 0 aromatic heterocycles. The molecule has 0 bridgehead atoms. The van der Waals surface area contributed by atoms with Crippen LogP contribution in [0.1, 0.15) is 0 Å². The van der Waals surface area contributed by atoms with E-state index in [1.165, 1.54) is 0 Å². The van der Waals surface area contributed by atoms with E-state index in [0.29, 0.717) is 0 Å². The predicted octanol–water partition coefficient (Wildman–Crippen LogP) is -0.513. The first-order valence-electron chi connectivity index (χ1n) is 1.37. The second-order valence-electron chi connectivity index (χ2n) is 0.762. The predicted molar refractivity (Wildman–Crippen MR) is 22.1 cm³/mol. The number of nitrogens with zero attached hydrogens (tertiary/aromatic N) is 1. The van der Waals surface area contributed by atoms with Crippen molar-refractivity contribution >= 4 is 0 Å². The van der Waals surface area contributed by atoms with E-state index in [1.54, 1.807) is 6.19 Å². The highest BCUT2D eigenvalue weighted by Crippen LogP contribution is 1.56. The number of nitriles is 1. The normalized spacial score (nSPS) is 5.83. The maximum atomic E-state index is 7.73. The van der Waals surface area contributed by atoms with Gasteiger partial charge in [-0.15, -0.1) is 0 Å². The lowest BCUT2D eigenvalue weighted by molar-refractivity contribution is 1.05. The van der Waals surface area contributed by atoms with Crippen LogP contribution in [0.2, 0.25) is 0 Å². The van der Waals surface area contributed by atoms with Crippen LogP contribution in [0.3, 0.4) is 0 Å². The molecule has 0 saturated heterocycles. The van der Waals surface area contributed by atoms with E-state index >= 15 is 0 Å². The van der Waals surface area contributed by atoms with Gasteiger partial charge >= 0.3 is 0 Å². The summed E-state index contributed by atoms with van der Waals surface area (Å²) in [6.07, 6.45) is 1.59. The molecule has 0 aliphatic rings. The molecule has 0 rings (SSSR count). The maximum absolute atomic E-state index is 7.73. The Kier molecular flexibility index (Phi) is 1.68. The zero-order valence-corrected chi connectivity index (χ0v) is 3.23. The van der Waals surface area contributed by atoms with Crippen molar-refractivity contribution in [2.24, 2.45) is 5.73 Å². The molecular weight excluding hydrogens is 78.1 g/mol. The van der Waals surface area contributed by atoms with Crippen LogP contribution in [0.5, 0.6) is 0 Å². The maximum Gasteiger partial charge on any atom is 0.182 e. The number of hydrogen-bond donors (Lipinski definition) is 2. The van der Waals surface area contributed by atoms with E-state index in [0.717, 1.165) is 0 Å². The summed E-state index contributed by atoms with van der Waals surface area (Å²) in [6, 6.07) is 0.